The predicted molar refractivity (Wildman–Crippen MR) is 41.3 cm³/mol. The van der Waals surface area contributed by atoms with E-state index in [2.05, 4.69) is 5.32 Å². The van der Waals surface area contributed by atoms with Crippen molar-refractivity contribution in [3.05, 3.63) is 10.1 Å². The summed E-state index contributed by atoms with van der Waals surface area (Å²) in [7, 11) is 0. The van der Waals surface area contributed by atoms with E-state index in [0.29, 0.717) is 13.1 Å². The second kappa shape index (κ2) is 4.01. The molecule has 1 heterocycles. The second-order valence-electron chi connectivity index (χ2n) is 2.62. The van der Waals surface area contributed by atoms with Crippen molar-refractivity contribution in [2.45, 2.75) is 0 Å². The van der Waals surface area contributed by atoms with Gasteiger partial charge in [-0.15, -0.1) is 0 Å². The molecule has 0 radical (unpaired) electrons. The van der Waals surface area contributed by atoms with Gasteiger partial charge in [0.1, 0.15) is 0 Å². The summed E-state index contributed by atoms with van der Waals surface area (Å²) in [5.74, 6) is -0.387. The number of hydrogen-bond acceptors (Lipinski definition) is 4. The van der Waals surface area contributed by atoms with Gasteiger partial charge in [-0.05, 0) is 0 Å². The number of carbonyl (C=O) groups is 1. The van der Waals surface area contributed by atoms with Gasteiger partial charge < -0.3 is 10.2 Å². The lowest BCUT2D eigenvalue weighted by atomic mass is 10.3. The summed E-state index contributed by atoms with van der Waals surface area (Å²) in [6, 6.07) is 0. The first-order valence-corrected chi connectivity index (χ1v) is 3.80. The van der Waals surface area contributed by atoms with Crippen LogP contribution in [0.5, 0.6) is 0 Å². The van der Waals surface area contributed by atoms with Crippen molar-refractivity contribution in [2.75, 3.05) is 32.7 Å². The lowest BCUT2D eigenvalue weighted by molar-refractivity contribution is -0.468. The van der Waals surface area contributed by atoms with Crippen LogP contribution < -0.4 is 5.32 Å². The largest absolute Gasteiger partial charge is 0.334 e. The normalized spacial score (nSPS) is 17.5. The number of amides is 1. The molecule has 1 fully saturated rings. The maximum Gasteiger partial charge on any atom is 0.294 e. The van der Waals surface area contributed by atoms with E-state index in [1.807, 2.05) is 0 Å². The van der Waals surface area contributed by atoms with Crippen molar-refractivity contribution in [1.82, 2.24) is 10.2 Å². The highest BCUT2D eigenvalue weighted by atomic mass is 16.6. The highest BCUT2D eigenvalue weighted by Gasteiger charge is 2.19. The van der Waals surface area contributed by atoms with Crippen molar-refractivity contribution in [2.24, 2.45) is 0 Å². The van der Waals surface area contributed by atoms with Crippen molar-refractivity contribution in [3.63, 3.8) is 0 Å². The molecule has 0 aromatic carbocycles. The summed E-state index contributed by atoms with van der Waals surface area (Å²) in [6.07, 6.45) is 0. The fraction of sp³-hybridized carbons (Fsp3) is 0.833. The molecule has 6 heteroatoms. The summed E-state index contributed by atoms with van der Waals surface area (Å²) in [6.45, 7) is 2.02. The molecule has 1 N–H and O–H groups in total. The number of nitrogens with zero attached hydrogens (tertiary/aromatic N) is 2. The molecule has 0 saturated carbocycles. The van der Waals surface area contributed by atoms with Gasteiger partial charge in [-0.2, -0.15) is 0 Å². The van der Waals surface area contributed by atoms with Gasteiger partial charge in [0.05, 0.1) is 0 Å². The quantitative estimate of drug-likeness (QED) is 0.415. The standard InChI is InChI=1S/C6H11N3O3/c10-6(5-9(11)12)8-3-1-7-2-4-8/h7H,1-5H2. The van der Waals surface area contributed by atoms with Gasteiger partial charge in [-0.25, -0.2) is 0 Å². The zero-order valence-corrected chi connectivity index (χ0v) is 6.65. The van der Waals surface area contributed by atoms with Crippen LogP contribution >= 0.6 is 0 Å². The Kier molecular flexibility index (Phi) is 2.98. The third kappa shape index (κ3) is 2.46. The molecular weight excluding hydrogens is 162 g/mol. The van der Waals surface area contributed by atoms with Crippen LogP contribution in [-0.4, -0.2) is 48.5 Å². The molecule has 0 spiro atoms. The minimum Gasteiger partial charge on any atom is -0.334 e. The van der Waals surface area contributed by atoms with Crippen molar-refractivity contribution in [1.29, 1.82) is 0 Å². The number of hydrogen-bond donors (Lipinski definition) is 1. The zero-order valence-electron chi connectivity index (χ0n) is 6.65. The van der Waals surface area contributed by atoms with Gasteiger partial charge in [0.15, 0.2) is 0 Å². The van der Waals surface area contributed by atoms with E-state index in [4.69, 9.17) is 0 Å². The van der Waals surface area contributed by atoms with Gasteiger partial charge in [-0.1, -0.05) is 0 Å². The maximum absolute atomic E-state index is 11.1. The number of nitrogens with one attached hydrogen (secondary N) is 1. The summed E-state index contributed by atoms with van der Waals surface area (Å²) in [5.41, 5.74) is 0. The second-order valence-corrected chi connectivity index (χ2v) is 2.62. The average molecular weight is 173 g/mol. The molecule has 1 aliphatic heterocycles. The van der Waals surface area contributed by atoms with Crippen LogP contribution in [0.2, 0.25) is 0 Å². The smallest absolute Gasteiger partial charge is 0.294 e. The molecule has 6 nitrogen and oxygen atoms in total. The summed E-state index contributed by atoms with van der Waals surface area (Å²) in [5, 5.41) is 13.1. The van der Waals surface area contributed by atoms with Crippen molar-refractivity contribution >= 4 is 5.91 Å². The topological polar surface area (TPSA) is 75.5 Å². The molecule has 12 heavy (non-hydrogen) atoms. The molecule has 0 aromatic rings. The van der Waals surface area contributed by atoms with Crippen molar-refractivity contribution < 1.29 is 9.72 Å². The SMILES string of the molecule is O=C(C[N+](=O)[O-])N1CCNCC1. The minimum absolute atomic E-state index is 0.387. The van der Waals surface area contributed by atoms with Crippen LogP contribution in [-0.2, 0) is 4.79 Å². The zero-order chi connectivity index (χ0) is 8.97. The van der Waals surface area contributed by atoms with Gasteiger partial charge in [0.25, 0.3) is 12.5 Å². The monoisotopic (exact) mass is 173 g/mol. The third-order valence-electron chi connectivity index (χ3n) is 1.73. The Morgan fingerprint density at radius 3 is 2.58 bits per heavy atom. The van der Waals surface area contributed by atoms with E-state index in [-0.39, 0.29) is 5.91 Å². The summed E-state index contributed by atoms with van der Waals surface area (Å²) in [4.78, 5) is 22.0. The summed E-state index contributed by atoms with van der Waals surface area (Å²) < 4.78 is 0. The Labute approximate surface area is 69.7 Å². The van der Waals surface area contributed by atoms with Gasteiger partial charge in [0, 0.05) is 31.1 Å². The fourth-order valence-corrected chi connectivity index (χ4v) is 1.12. The maximum atomic E-state index is 11.1. The van der Waals surface area contributed by atoms with E-state index in [1.165, 1.54) is 4.90 Å². The average Bonchev–Trinajstić information content (AvgIpc) is 2.05. The van der Waals surface area contributed by atoms with E-state index in [1.54, 1.807) is 0 Å². The van der Waals surface area contributed by atoms with Crippen LogP contribution in [0.3, 0.4) is 0 Å². The third-order valence-corrected chi connectivity index (χ3v) is 1.73. The van der Waals surface area contributed by atoms with E-state index in [0.717, 1.165) is 13.1 Å². The first kappa shape index (κ1) is 8.92. The molecule has 1 amide bonds. The highest BCUT2D eigenvalue weighted by molar-refractivity contribution is 5.77. The molecule has 1 saturated heterocycles. The van der Waals surface area contributed by atoms with Crippen LogP contribution in [0.1, 0.15) is 0 Å². The summed E-state index contributed by atoms with van der Waals surface area (Å²) >= 11 is 0. The Morgan fingerprint density at radius 1 is 1.50 bits per heavy atom. The molecule has 0 aliphatic carbocycles. The number of rotatable bonds is 2. The Morgan fingerprint density at radius 2 is 2.08 bits per heavy atom. The molecule has 0 aromatic heterocycles. The lowest BCUT2D eigenvalue weighted by Gasteiger charge is -2.25. The van der Waals surface area contributed by atoms with Gasteiger partial charge in [-0.3, -0.25) is 14.9 Å². The molecule has 0 atom stereocenters. The highest BCUT2D eigenvalue weighted by Crippen LogP contribution is 1.92. The number of piperazine rings is 1. The van der Waals surface area contributed by atoms with Crippen LogP contribution in [0.15, 0.2) is 0 Å². The molecular formula is C6H11N3O3. The number of nitro groups is 1. The van der Waals surface area contributed by atoms with Crippen LogP contribution in [0.25, 0.3) is 0 Å². The first-order chi connectivity index (χ1) is 5.70. The molecule has 1 aliphatic rings. The predicted octanol–water partition coefficient (Wildman–Crippen LogP) is -1.31. The lowest BCUT2D eigenvalue weighted by Crippen LogP contribution is -2.48. The van der Waals surface area contributed by atoms with Gasteiger partial charge >= 0.3 is 0 Å². The molecule has 68 valence electrons. The Hall–Kier alpha value is -1.17. The number of carbonyl (C=O) groups excluding carboxylic acids is 1. The Bertz CT molecular complexity index is 188. The van der Waals surface area contributed by atoms with Gasteiger partial charge in [0.2, 0.25) is 0 Å². The molecule has 0 unspecified atom stereocenters. The van der Waals surface area contributed by atoms with E-state index >= 15 is 0 Å². The first-order valence-electron chi connectivity index (χ1n) is 3.80. The van der Waals surface area contributed by atoms with Crippen LogP contribution in [0.4, 0.5) is 0 Å². The fourth-order valence-electron chi connectivity index (χ4n) is 1.12. The van der Waals surface area contributed by atoms with Crippen molar-refractivity contribution in [3.8, 4) is 0 Å². The Balaban J connectivity index is 2.34. The van der Waals surface area contributed by atoms with Crippen LogP contribution in [0, 0.1) is 10.1 Å². The molecule has 0 bridgehead atoms. The van der Waals surface area contributed by atoms with E-state index in [9.17, 15) is 14.9 Å². The molecule has 1 rings (SSSR count). The van der Waals surface area contributed by atoms with E-state index < -0.39 is 11.5 Å². The minimum atomic E-state index is -0.593.